The Kier molecular flexibility index (Phi) is 11.5. The van der Waals surface area contributed by atoms with Crippen LogP contribution in [0.25, 0.3) is 10.9 Å². The van der Waals surface area contributed by atoms with Gasteiger partial charge in [-0.2, -0.15) is 0 Å². The van der Waals surface area contributed by atoms with Crippen LogP contribution in [0.2, 0.25) is 5.02 Å². The number of halogens is 1. The number of aliphatic hydroxyl groups is 1. The van der Waals surface area contributed by atoms with Crippen molar-refractivity contribution in [2.45, 2.75) is 51.2 Å². The van der Waals surface area contributed by atoms with Gasteiger partial charge in [-0.05, 0) is 91.9 Å². The third-order valence-corrected chi connectivity index (χ3v) is 8.53. The zero-order valence-corrected chi connectivity index (χ0v) is 27.3. The van der Waals surface area contributed by atoms with Crippen molar-refractivity contribution in [1.29, 1.82) is 0 Å². The number of methoxy groups -OCH3 is 1. The Balaban J connectivity index is 1.17. The largest absolute Gasteiger partial charge is 0.497 e. The fourth-order valence-electron chi connectivity index (χ4n) is 5.89. The zero-order valence-electron chi connectivity index (χ0n) is 26.6. The number of aryl methyl sites for hydroxylation is 1. The number of carbonyl (C=O) groups is 3. The van der Waals surface area contributed by atoms with Crippen LogP contribution >= 0.6 is 11.6 Å². The van der Waals surface area contributed by atoms with Crippen molar-refractivity contribution >= 4 is 40.3 Å². The van der Waals surface area contributed by atoms with Crippen LogP contribution in [0, 0.1) is 6.92 Å². The Bertz CT molecular complexity index is 1700. The second kappa shape index (κ2) is 15.9. The Morgan fingerprint density at radius 2 is 1.89 bits per heavy atom. The molecule has 1 aliphatic heterocycles. The van der Waals surface area contributed by atoms with Gasteiger partial charge in [0.15, 0.2) is 0 Å². The molecule has 1 aromatic heterocycles. The van der Waals surface area contributed by atoms with Crippen LogP contribution in [-0.4, -0.2) is 72.3 Å². The number of β-amino-alcohol motifs (C(OH)–C–C–N with tert-alkyl or cyclic N) is 1. The molecule has 2 atom stereocenters. The summed E-state index contributed by atoms with van der Waals surface area (Å²) in [6.45, 7) is 4.99. The van der Waals surface area contributed by atoms with E-state index in [2.05, 4.69) is 15.2 Å². The molecular formula is C36H40ClN3O7. The number of benzene rings is 3. The number of rotatable bonds is 14. The van der Waals surface area contributed by atoms with Gasteiger partial charge >= 0.3 is 11.9 Å². The zero-order chi connectivity index (χ0) is 33.3. The Labute approximate surface area is 279 Å². The first-order valence-corrected chi connectivity index (χ1v) is 16.1. The van der Waals surface area contributed by atoms with Crippen molar-refractivity contribution in [3.8, 4) is 11.5 Å². The topological polar surface area (TPSA) is 130 Å². The number of ether oxygens (including phenoxy) is 3. The van der Waals surface area contributed by atoms with Gasteiger partial charge < -0.3 is 29.6 Å². The molecule has 1 amide bonds. The third kappa shape index (κ3) is 9.12. The van der Waals surface area contributed by atoms with Gasteiger partial charge in [-0.1, -0.05) is 23.7 Å². The fraction of sp³-hybridized carbons (Fsp3) is 0.361. The molecule has 4 aromatic rings. The minimum absolute atomic E-state index is 0.0408. The molecule has 47 heavy (non-hydrogen) atoms. The normalized spacial score (nSPS) is 15.4. The summed E-state index contributed by atoms with van der Waals surface area (Å²) in [5.41, 5.74) is 3.49. The van der Waals surface area contributed by atoms with E-state index < -0.39 is 17.9 Å². The summed E-state index contributed by atoms with van der Waals surface area (Å²) in [7, 11) is 1.56. The average molecular weight is 662 g/mol. The molecule has 248 valence electrons. The van der Waals surface area contributed by atoms with Crippen molar-refractivity contribution in [3.63, 3.8) is 0 Å². The summed E-state index contributed by atoms with van der Waals surface area (Å²) in [5, 5.41) is 13.9. The second-order valence-electron chi connectivity index (χ2n) is 11.8. The van der Waals surface area contributed by atoms with Crippen molar-refractivity contribution in [2.75, 3.05) is 33.4 Å². The first kappa shape index (κ1) is 34.0. The number of amides is 1. The summed E-state index contributed by atoms with van der Waals surface area (Å²) in [4.78, 5) is 44.8. The average Bonchev–Trinajstić information content (AvgIpc) is 3.62. The summed E-state index contributed by atoms with van der Waals surface area (Å²) in [6.07, 6.45) is 1.31. The van der Waals surface area contributed by atoms with Gasteiger partial charge in [0.25, 0.3) is 0 Å². The van der Waals surface area contributed by atoms with E-state index in [1.54, 1.807) is 19.2 Å². The van der Waals surface area contributed by atoms with Crippen LogP contribution in [0.4, 0.5) is 0 Å². The number of carbonyl (C=O) groups excluding carboxylic acids is 3. The van der Waals surface area contributed by atoms with Gasteiger partial charge in [0, 0.05) is 54.2 Å². The molecule has 0 aliphatic carbocycles. The first-order valence-electron chi connectivity index (χ1n) is 15.8. The van der Waals surface area contributed by atoms with Crippen LogP contribution in [0.3, 0.4) is 0 Å². The highest BCUT2D eigenvalue weighted by Crippen LogP contribution is 2.35. The molecule has 0 spiro atoms. The smallest absolute Gasteiger partial charge is 0.345 e. The third-order valence-electron chi connectivity index (χ3n) is 8.27. The predicted molar refractivity (Wildman–Crippen MR) is 179 cm³/mol. The van der Waals surface area contributed by atoms with Crippen LogP contribution in [0.15, 0.2) is 66.7 Å². The lowest BCUT2D eigenvalue weighted by molar-refractivity contribution is -0.140. The molecule has 2 heterocycles. The lowest BCUT2D eigenvalue weighted by Crippen LogP contribution is -2.27. The molecule has 0 bridgehead atoms. The summed E-state index contributed by atoms with van der Waals surface area (Å²) in [6, 6.07) is 19.5. The molecule has 3 N–H and O–H groups in total. The standard InChI is InChI=1S/C36H40ClN3O7/c1-23-34(31-20-28(45-2)11-13-32(31)39-23)30(36(44)47-35(43)25-7-9-26(37)10-8-25)12-14-33(42)38-16-4-18-46-29-6-3-5-24(19-29)21-40-17-15-27(41)22-40/h3,5-11,13,19-20,27,30,39,41H,4,12,14-18,21-22H2,1-2H3,(H,38,42). The van der Waals surface area contributed by atoms with E-state index in [1.165, 1.54) is 12.1 Å². The van der Waals surface area contributed by atoms with Gasteiger partial charge in [-0.3, -0.25) is 14.5 Å². The number of H-pyrrole nitrogens is 1. The second-order valence-corrected chi connectivity index (χ2v) is 12.2. The predicted octanol–water partition coefficient (Wildman–Crippen LogP) is 5.54. The first-order chi connectivity index (χ1) is 22.7. The molecular weight excluding hydrogens is 622 g/mol. The van der Waals surface area contributed by atoms with Gasteiger partial charge in [-0.15, -0.1) is 0 Å². The Morgan fingerprint density at radius 3 is 2.64 bits per heavy atom. The molecule has 5 rings (SSSR count). The van der Waals surface area contributed by atoms with E-state index in [4.69, 9.17) is 25.8 Å². The highest BCUT2D eigenvalue weighted by atomic mass is 35.5. The fourth-order valence-corrected chi connectivity index (χ4v) is 6.02. The molecule has 0 radical (unpaired) electrons. The maximum absolute atomic E-state index is 13.5. The summed E-state index contributed by atoms with van der Waals surface area (Å²) >= 11 is 5.94. The highest BCUT2D eigenvalue weighted by Gasteiger charge is 2.30. The minimum atomic E-state index is -0.891. The van der Waals surface area contributed by atoms with Gasteiger partial charge in [0.05, 0.1) is 31.3 Å². The van der Waals surface area contributed by atoms with E-state index in [-0.39, 0.29) is 30.4 Å². The number of nitrogens with zero attached hydrogens (tertiary/aromatic N) is 1. The van der Waals surface area contributed by atoms with Crippen molar-refractivity contribution in [3.05, 3.63) is 94.1 Å². The molecule has 3 aromatic carbocycles. The van der Waals surface area contributed by atoms with Crippen molar-refractivity contribution < 1.29 is 33.7 Å². The molecule has 1 saturated heterocycles. The maximum atomic E-state index is 13.5. The number of nitrogens with one attached hydrogen (secondary N) is 2. The Morgan fingerprint density at radius 1 is 1.09 bits per heavy atom. The van der Waals surface area contributed by atoms with E-state index in [1.807, 2.05) is 49.4 Å². The molecule has 0 saturated carbocycles. The van der Waals surface area contributed by atoms with E-state index in [0.29, 0.717) is 42.5 Å². The van der Waals surface area contributed by atoms with Crippen molar-refractivity contribution in [1.82, 2.24) is 15.2 Å². The van der Waals surface area contributed by atoms with Gasteiger partial charge in [0.2, 0.25) is 5.91 Å². The van der Waals surface area contributed by atoms with E-state index >= 15 is 0 Å². The van der Waals surface area contributed by atoms with Gasteiger partial charge in [0.1, 0.15) is 11.5 Å². The number of fused-ring (bicyclic) bond motifs is 1. The maximum Gasteiger partial charge on any atom is 0.345 e. The number of hydrogen-bond donors (Lipinski definition) is 3. The summed E-state index contributed by atoms with van der Waals surface area (Å²) < 4.78 is 16.7. The molecule has 2 unspecified atom stereocenters. The molecule has 1 fully saturated rings. The van der Waals surface area contributed by atoms with Crippen molar-refractivity contribution in [2.24, 2.45) is 0 Å². The SMILES string of the molecule is COc1ccc2[nH]c(C)c(C(CCC(=O)NCCCOc3cccc(CN4CCC(O)C4)c3)C(=O)OC(=O)c3ccc(Cl)cc3)c2c1. The quantitative estimate of drug-likeness (QED) is 0.0913. The number of esters is 2. The number of aliphatic hydroxyl groups excluding tert-OH is 1. The van der Waals surface area contributed by atoms with Crippen LogP contribution in [0.1, 0.15) is 58.8 Å². The van der Waals surface area contributed by atoms with Gasteiger partial charge in [-0.25, -0.2) is 4.79 Å². The molecule has 10 nitrogen and oxygen atoms in total. The lowest BCUT2D eigenvalue weighted by Gasteiger charge is -2.17. The van der Waals surface area contributed by atoms with Crippen LogP contribution < -0.4 is 14.8 Å². The minimum Gasteiger partial charge on any atom is -0.497 e. The number of aromatic amines is 1. The molecule has 11 heteroatoms. The van der Waals surface area contributed by atoms with E-state index in [0.717, 1.165) is 47.4 Å². The number of hydrogen-bond acceptors (Lipinski definition) is 8. The van der Waals surface area contributed by atoms with Crippen LogP contribution in [0.5, 0.6) is 11.5 Å². The lowest BCUT2D eigenvalue weighted by atomic mass is 9.91. The van der Waals surface area contributed by atoms with E-state index in [9.17, 15) is 19.5 Å². The molecule has 1 aliphatic rings. The highest BCUT2D eigenvalue weighted by molar-refractivity contribution is 6.30. The van der Waals surface area contributed by atoms with Crippen LogP contribution in [-0.2, 0) is 20.9 Å². The number of likely N-dealkylation sites (tertiary alicyclic amines) is 1. The summed E-state index contributed by atoms with van der Waals surface area (Å²) in [5.74, 6) is -1.29. The Hall–Kier alpha value is -4.38. The monoisotopic (exact) mass is 661 g/mol. The number of aromatic nitrogens is 1.